The van der Waals surface area contributed by atoms with Crippen molar-refractivity contribution in [2.24, 2.45) is 0 Å². The van der Waals surface area contributed by atoms with E-state index in [0.717, 1.165) is 12.2 Å². The molecule has 1 aromatic heterocycles. The number of nitrogens with one attached hydrogen (secondary N) is 1. The van der Waals surface area contributed by atoms with Crippen LogP contribution in [0.3, 0.4) is 0 Å². The first-order valence-corrected chi connectivity index (χ1v) is 5.06. The Kier molecular flexibility index (Phi) is 3.96. The van der Waals surface area contributed by atoms with Crippen molar-refractivity contribution in [2.45, 2.75) is 27.2 Å². The Bertz CT molecular complexity index is 341. The third-order valence-corrected chi connectivity index (χ3v) is 2.19. The zero-order chi connectivity index (χ0) is 10.6. The van der Waals surface area contributed by atoms with Crippen LogP contribution in [0.4, 0.5) is 5.82 Å². The van der Waals surface area contributed by atoms with Gasteiger partial charge in [0.1, 0.15) is 5.82 Å². The van der Waals surface area contributed by atoms with Crippen LogP contribution >= 0.6 is 11.6 Å². The van der Waals surface area contributed by atoms with E-state index in [-0.39, 0.29) is 0 Å². The number of allylic oxidation sites excluding steroid dienone is 2. The quantitative estimate of drug-likeness (QED) is 0.820. The standard InChI is InChI=1S/C11H15ClN2/c1-4-10(8(2)3)14-11-7-9(12)5-6-13-11/h5-7H,4H2,1-3H3,(H,13,14). The van der Waals surface area contributed by atoms with Gasteiger partial charge in [-0.1, -0.05) is 24.1 Å². The van der Waals surface area contributed by atoms with E-state index in [4.69, 9.17) is 11.6 Å². The maximum absolute atomic E-state index is 5.86. The molecule has 0 atom stereocenters. The maximum atomic E-state index is 5.86. The lowest BCUT2D eigenvalue weighted by atomic mass is 10.2. The van der Waals surface area contributed by atoms with Crippen LogP contribution in [0.1, 0.15) is 27.2 Å². The number of nitrogens with zero attached hydrogens (tertiary/aromatic N) is 1. The van der Waals surface area contributed by atoms with Gasteiger partial charge in [0.25, 0.3) is 0 Å². The van der Waals surface area contributed by atoms with E-state index in [2.05, 4.69) is 31.1 Å². The number of hydrogen-bond donors (Lipinski definition) is 1. The van der Waals surface area contributed by atoms with Gasteiger partial charge in [0, 0.05) is 16.9 Å². The summed E-state index contributed by atoms with van der Waals surface area (Å²) in [6.07, 6.45) is 2.67. The van der Waals surface area contributed by atoms with Gasteiger partial charge in [-0.25, -0.2) is 4.98 Å². The molecule has 0 spiro atoms. The summed E-state index contributed by atoms with van der Waals surface area (Å²) >= 11 is 5.86. The van der Waals surface area contributed by atoms with Crippen molar-refractivity contribution in [1.29, 1.82) is 0 Å². The van der Waals surface area contributed by atoms with Crippen LogP contribution < -0.4 is 5.32 Å². The first kappa shape index (κ1) is 11.1. The van der Waals surface area contributed by atoms with E-state index >= 15 is 0 Å². The van der Waals surface area contributed by atoms with E-state index in [1.807, 2.05) is 6.07 Å². The average molecular weight is 211 g/mol. The van der Waals surface area contributed by atoms with Gasteiger partial charge in [-0.2, -0.15) is 0 Å². The molecule has 3 heteroatoms. The van der Waals surface area contributed by atoms with Gasteiger partial charge in [0.15, 0.2) is 0 Å². The molecule has 0 saturated carbocycles. The van der Waals surface area contributed by atoms with Crippen molar-refractivity contribution < 1.29 is 0 Å². The van der Waals surface area contributed by atoms with Gasteiger partial charge >= 0.3 is 0 Å². The summed E-state index contributed by atoms with van der Waals surface area (Å²) in [4.78, 5) is 4.18. The fraction of sp³-hybridized carbons (Fsp3) is 0.364. The van der Waals surface area contributed by atoms with Gasteiger partial charge in [-0.3, -0.25) is 0 Å². The molecule has 0 unspecified atom stereocenters. The maximum Gasteiger partial charge on any atom is 0.131 e. The van der Waals surface area contributed by atoms with Gasteiger partial charge in [-0.15, -0.1) is 0 Å². The molecule has 0 saturated heterocycles. The Labute approximate surface area is 90.0 Å². The van der Waals surface area contributed by atoms with Crippen LogP contribution in [0.25, 0.3) is 0 Å². The van der Waals surface area contributed by atoms with Crippen LogP contribution in [0.2, 0.25) is 5.02 Å². The molecule has 1 heterocycles. The molecule has 1 rings (SSSR count). The number of hydrogen-bond acceptors (Lipinski definition) is 2. The monoisotopic (exact) mass is 210 g/mol. The lowest BCUT2D eigenvalue weighted by molar-refractivity contribution is 1.05. The topological polar surface area (TPSA) is 24.9 Å². The lowest BCUT2D eigenvalue weighted by Gasteiger charge is -2.10. The highest BCUT2D eigenvalue weighted by atomic mass is 35.5. The van der Waals surface area contributed by atoms with Crippen LogP contribution in [0.15, 0.2) is 29.6 Å². The first-order valence-electron chi connectivity index (χ1n) is 4.68. The zero-order valence-electron chi connectivity index (χ0n) is 8.76. The molecule has 0 amide bonds. The van der Waals surface area contributed by atoms with Crippen LogP contribution in [0, 0.1) is 0 Å². The van der Waals surface area contributed by atoms with E-state index in [1.54, 1.807) is 12.3 Å². The molecule has 0 fully saturated rings. The molecule has 76 valence electrons. The largest absolute Gasteiger partial charge is 0.344 e. The minimum Gasteiger partial charge on any atom is -0.344 e. The summed E-state index contributed by atoms with van der Waals surface area (Å²) in [5.74, 6) is 0.801. The minimum atomic E-state index is 0.701. The molecule has 2 nitrogen and oxygen atoms in total. The van der Waals surface area contributed by atoms with Crippen molar-refractivity contribution in [3.05, 3.63) is 34.6 Å². The molecule has 0 aliphatic heterocycles. The molecular formula is C11H15ClN2. The van der Waals surface area contributed by atoms with Gasteiger partial charge in [-0.05, 0) is 32.4 Å². The van der Waals surface area contributed by atoms with Crippen molar-refractivity contribution in [1.82, 2.24) is 4.98 Å². The van der Waals surface area contributed by atoms with Crippen molar-refractivity contribution in [3.8, 4) is 0 Å². The van der Waals surface area contributed by atoms with Crippen molar-refractivity contribution >= 4 is 17.4 Å². The Balaban J connectivity index is 2.83. The normalized spacial score (nSPS) is 9.71. The highest BCUT2D eigenvalue weighted by Gasteiger charge is 1.99. The summed E-state index contributed by atoms with van der Waals surface area (Å²) in [5, 5.41) is 3.95. The van der Waals surface area contributed by atoms with E-state index in [9.17, 15) is 0 Å². The summed E-state index contributed by atoms with van der Waals surface area (Å²) in [5.41, 5.74) is 2.47. The Morgan fingerprint density at radius 3 is 2.71 bits per heavy atom. The summed E-state index contributed by atoms with van der Waals surface area (Å²) < 4.78 is 0. The number of halogens is 1. The van der Waals surface area contributed by atoms with Gasteiger partial charge < -0.3 is 5.32 Å². The molecule has 0 aliphatic rings. The number of aromatic nitrogens is 1. The number of pyridine rings is 1. The molecule has 14 heavy (non-hydrogen) atoms. The second kappa shape index (κ2) is 5.01. The average Bonchev–Trinajstić information content (AvgIpc) is 2.14. The van der Waals surface area contributed by atoms with Crippen molar-refractivity contribution in [2.75, 3.05) is 5.32 Å². The third kappa shape index (κ3) is 3.04. The van der Waals surface area contributed by atoms with E-state index in [0.29, 0.717) is 5.02 Å². The van der Waals surface area contributed by atoms with Crippen LogP contribution in [-0.2, 0) is 0 Å². The number of anilines is 1. The third-order valence-electron chi connectivity index (χ3n) is 1.96. The SMILES string of the molecule is CCC(Nc1cc(Cl)ccn1)=C(C)C. The molecule has 1 aromatic rings. The summed E-state index contributed by atoms with van der Waals surface area (Å²) in [7, 11) is 0. The zero-order valence-corrected chi connectivity index (χ0v) is 9.52. The van der Waals surface area contributed by atoms with E-state index < -0.39 is 0 Å². The highest BCUT2D eigenvalue weighted by molar-refractivity contribution is 6.30. The summed E-state index contributed by atoms with van der Waals surface area (Å²) in [6, 6.07) is 3.58. The molecule has 1 N–H and O–H groups in total. The van der Waals surface area contributed by atoms with Crippen LogP contribution in [0.5, 0.6) is 0 Å². The molecule has 0 aliphatic carbocycles. The number of rotatable bonds is 3. The highest BCUT2D eigenvalue weighted by Crippen LogP contribution is 2.16. The summed E-state index contributed by atoms with van der Waals surface area (Å²) in [6.45, 7) is 6.27. The van der Waals surface area contributed by atoms with Gasteiger partial charge in [0.2, 0.25) is 0 Å². The second-order valence-electron chi connectivity index (χ2n) is 3.32. The Morgan fingerprint density at radius 1 is 1.50 bits per heavy atom. The fourth-order valence-electron chi connectivity index (χ4n) is 1.19. The van der Waals surface area contributed by atoms with Gasteiger partial charge in [0.05, 0.1) is 0 Å². The Morgan fingerprint density at radius 2 is 2.21 bits per heavy atom. The smallest absolute Gasteiger partial charge is 0.131 e. The lowest BCUT2D eigenvalue weighted by Crippen LogP contribution is -2.01. The second-order valence-corrected chi connectivity index (χ2v) is 3.75. The van der Waals surface area contributed by atoms with Crippen molar-refractivity contribution in [3.63, 3.8) is 0 Å². The fourth-order valence-corrected chi connectivity index (χ4v) is 1.35. The molecule has 0 bridgehead atoms. The molecule has 0 radical (unpaired) electrons. The van der Waals surface area contributed by atoms with E-state index in [1.165, 1.54) is 11.3 Å². The first-order chi connectivity index (χ1) is 6.63. The predicted octanol–water partition coefficient (Wildman–Crippen LogP) is 3.85. The molecular weight excluding hydrogens is 196 g/mol. The Hall–Kier alpha value is -1.02. The van der Waals surface area contributed by atoms with Crippen LogP contribution in [-0.4, -0.2) is 4.98 Å². The molecule has 0 aromatic carbocycles. The minimum absolute atomic E-state index is 0.701. The predicted molar refractivity (Wildman–Crippen MR) is 61.5 cm³/mol.